The van der Waals surface area contributed by atoms with E-state index in [1.165, 1.54) is 18.3 Å². The smallest absolute Gasteiger partial charge is 0.354 e. The molecule has 0 aliphatic heterocycles. The highest BCUT2D eigenvalue weighted by molar-refractivity contribution is 6.02. The number of fused-ring (bicyclic) bond motifs is 1. The average molecular weight is 346 g/mol. The molecule has 3 aromatic rings. The maximum absolute atomic E-state index is 13.2. The van der Waals surface area contributed by atoms with Crippen molar-refractivity contribution in [1.82, 2.24) is 10.4 Å². The van der Waals surface area contributed by atoms with Crippen molar-refractivity contribution in [2.45, 2.75) is 6.18 Å². The van der Waals surface area contributed by atoms with Crippen LogP contribution in [0, 0.1) is 0 Å². The number of nitrogen functional groups attached to an aromatic ring is 1. The zero-order valence-corrected chi connectivity index (χ0v) is 12.8. The summed E-state index contributed by atoms with van der Waals surface area (Å²) in [6.07, 6.45) is -3.23. The fourth-order valence-corrected chi connectivity index (χ4v) is 2.53. The number of carbonyl (C=O) groups excluding carboxylic acids is 1. The van der Waals surface area contributed by atoms with Crippen LogP contribution in [0.25, 0.3) is 10.9 Å². The van der Waals surface area contributed by atoms with Crippen LogP contribution in [0.4, 0.5) is 24.5 Å². The van der Waals surface area contributed by atoms with Gasteiger partial charge in [0.05, 0.1) is 22.3 Å². The first-order chi connectivity index (χ1) is 11.9. The number of para-hydroxylation sites is 2. The van der Waals surface area contributed by atoms with Crippen LogP contribution < -0.4 is 16.6 Å². The minimum atomic E-state index is -4.51. The zero-order chi connectivity index (χ0) is 18.0. The number of alkyl halides is 3. The maximum atomic E-state index is 13.2. The number of nitrogens with zero attached hydrogens (tertiary/aromatic N) is 1. The standard InChI is InChI=1S/C17H13F3N4O/c18-17(19,20)12-6-3-5-10-14(8-9-22-15(10)12)23-13-7-2-1-4-11(13)16(25)24-21/h1-9H,21H2,(H,22,23)(H,24,25). The first-order valence-electron chi connectivity index (χ1n) is 7.23. The van der Waals surface area contributed by atoms with Crippen molar-refractivity contribution in [1.29, 1.82) is 0 Å². The number of aromatic nitrogens is 1. The SMILES string of the molecule is NNC(=O)c1ccccc1Nc1ccnc2c(C(F)(F)F)cccc12. The number of nitrogens with two attached hydrogens (primary N) is 1. The van der Waals surface area contributed by atoms with Crippen molar-refractivity contribution in [2.75, 3.05) is 5.32 Å². The molecule has 0 fully saturated rings. The molecule has 0 aliphatic rings. The number of amides is 1. The van der Waals surface area contributed by atoms with Crippen LogP contribution in [-0.2, 0) is 6.18 Å². The molecule has 0 bridgehead atoms. The Kier molecular flexibility index (Phi) is 4.28. The number of hydrogen-bond acceptors (Lipinski definition) is 4. The molecule has 0 radical (unpaired) electrons. The minimum absolute atomic E-state index is 0.166. The van der Waals surface area contributed by atoms with Gasteiger partial charge < -0.3 is 5.32 Å². The number of hydrogen-bond donors (Lipinski definition) is 3. The van der Waals surface area contributed by atoms with Crippen LogP contribution in [0.3, 0.4) is 0 Å². The fraction of sp³-hybridized carbons (Fsp3) is 0.0588. The normalized spacial score (nSPS) is 11.4. The van der Waals surface area contributed by atoms with Crippen LogP contribution in [0.2, 0.25) is 0 Å². The summed E-state index contributed by atoms with van der Waals surface area (Å²) in [5.74, 6) is 4.65. The Hall–Kier alpha value is -3.13. The van der Waals surface area contributed by atoms with Crippen molar-refractivity contribution >= 4 is 28.2 Å². The minimum Gasteiger partial charge on any atom is -0.354 e. The Morgan fingerprint density at radius 2 is 1.76 bits per heavy atom. The molecule has 25 heavy (non-hydrogen) atoms. The van der Waals surface area contributed by atoms with Gasteiger partial charge in [0.2, 0.25) is 0 Å². The van der Waals surface area contributed by atoms with Crippen molar-refractivity contribution < 1.29 is 18.0 Å². The Morgan fingerprint density at radius 3 is 2.48 bits per heavy atom. The number of nitrogens with one attached hydrogen (secondary N) is 2. The number of halogens is 3. The van der Waals surface area contributed by atoms with Gasteiger partial charge >= 0.3 is 6.18 Å². The van der Waals surface area contributed by atoms with E-state index in [-0.39, 0.29) is 11.1 Å². The molecule has 0 atom stereocenters. The van der Waals surface area contributed by atoms with Crippen molar-refractivity contribution in [2.24, 2.45) is 5.84 Å². The summed E-state index contributed by atoms with van der Waals surface area (Å²) < 4.78 is 39.5. The molecule has 3 rings (SSSR count). The lowest BCUT2D eigenvalue weighted by atomic mass is 10.1. The van der Waals surface area contributed by atoms with Crippen LogP contribution in [0.5, 0.6) is 0 Å². The molecule has 0 aliphatic carbocycles. The van der Waals surface area contributed by atoms with E-state index in [2.05, 4.69) is 10.3 Å². The topological polar surface area (TPSA) is 80.0 Å². The van der Waals surface area contributed by atoms with Gasteiger partial charge in [-0.25, -0.2) is 5.84 Å². The van der Waals surface area contributed by atoms with E-state index in [0.717, 1.165) is 6.07 Å². The second-order valence-electron chi connectivity index (χ2n) is 5.20. The number of carbonyl (C=O) groups is 1. The molecule has 5 nitrogen and oxygen atoms in total. The van der Waals surface area contributed by atoms with E-state index in [1.54, 1.807) is 30.3 Å². The molecule has 2 aromatic carbocycles. The van der Waals surface area contributed by atoms with E-state index in [1.807, 2.05) is 5.43 Å². The van der Waals surface area contributed by atoms with Gasteiger partial charge in [-0.15, -0.1) is 0 Å². The Balaban J connectivity index is 2.12. The number of pyridine rings is 1. The molecule has 0 spiro atoms. The summed E-state index contributed by atoms with van der Waals surface area (Å²) in [6.45, 7) is 0. The highest BCUT2D eigenvalue weighted by atomic mass is 19.4. The zero-order valence-electron chi connectivity index (χ0n) is 12.8. The largest absolute Gasteiger partial charge is 0.418 e. The van der Waals surface area contributed by atoms with E-state index >= 15 is 0 Å². The monoisotopic (exact) mass is 346 g/mol. The molecule has 8 heteroatoms. The summed E-state index contributed by atoms with van der Waals surface area (Å²) in [5, 5.41) is 3.28. The van der Waals surface area contributed by atoms with E-state index in [0.29, 0.717) is 16.8 Å². The van der Waals surface area contributed by atoms with Crippen molar-refractivity contribution in [3.05, 3.63) is 65.9 Å². The molecule has 4 N–H and O–H groups in total. The van der Waals surface area contributed by atoms with Gasteiger partial charge in [0.1, 0.15) is 0 Å². The lowest BCUT2D eigenvalue weighted by molar-refractivity contribution is -0.136. The third-order valence-corrected chi connectivity index (χ3v) is 3.65. The van der Waals surface area contributed by atoms with Gasteiger partial charge in [-0.1, -0.05) is 24.3 Å². The molecule has 1 amide bonds. The molecule has 0 saturated heterocycles. The predicted molar refractivity (Wildman–Crippen MR) is 88.1 cm³/mol. The summed E-state index contributed by atoms with van der Waals surface area (Å²) in [6, 6.07) is 11.9. The summed E-state index contributed by atoms with van der Waals surface area (Å²) in [7, 11) is 0. The Labute approximate surface area is 140 Å². The third kappa shape index (κ3) is 3.24. The van der Waals surface area contributed by atoms with Gasteiger partial charge in [0.15, 0.2) is 0 Å². The quantitative estimate of drug-likeness (QED) is 0.385. The number of hydrazine groups is 1. The number of benzene rings is 2. The highest BCUT2D eigenvalue weighted by Gasteiger charge is 2.33. The molecular weight excluding hydrogens is 333 g/mol. The first-order valence-corrected chi connectivity index (χ1v) is 7.23. The lowest BCUT2D eigenvalue weighted by Crippen LogP contribution is -2.30. The van der Waals surface area contributed by atoms with Crippen LogP contribution >= 0.6 is 0 Å². The number of rotatable bonds is 3. The Bertz CT molecular complexity index is 941. The van der Waals surface area contributed by atoms with E-state index in [4.69, 9.17) is 5.84 Å². The molecule has 1 aromatic heterocycles. The molecule has 128 valence electrons. The molecule has 0 saturated carbocycles. The third-order valence-electron chi connectivity index (χ3n) is 3.65. The van der Waals surface area contributed by atoms with Gasteiger partial charge in [0, 0.05) is 17.3 Å². The van der Waals surface area contributed by atoms with Gasteiger partial charge in [-0.3, -0.25) is 15.2 Å². The molecule has 1 heterocycles. The maximum Gasteiger partial charge on any atom is 0.418 e. The van der Waals surface area contributed by atoms with Crippen LogP contribution in [0.15, 0.2) is 54.7 Å². The van der Waals surface area contributed by atoms with Gasteiger partial charge in [-0.2, -0.15) is 13.2 Å². The van der Waals surface area contributed by atoms with Crippen molar-refractivity contribution in [3.8, 4) is 0 Å². The summed E-state index contributed by atoms with van der Waals surface area (Å²) >= 11 is 0. The van der Waals surface area contributed by atoms with Gasteiger partial charge in [0.25, 0.3) is 5.91 Å². The predicted octanol–water partition coefficient (Wildman–Crippen LogP) is 3.60. The lowest BCUT2D eigenvalue weighted by Gasteiger charge is -2.15. The first kappa shape index (κ1) is 16.7. The second-order valence-corrected chi connectivity index (χ2v) is 5.20. The molecular formula is C17H13F3N4O. The summed E-state index contributed by atoms with van der Waals surface area (Å²) in [4.78, 5) is 15.7. The average Bonchev–Trinajstić information content (AvgIpc) is 2.60. The number of anilines is 2. The summed E-state index contributed by atoms with van der Waals surface area (Å²) in [5.41, 5.74) is 2.12. The molecule has 0 unspecified atom stereocenters. The van der Waals surface area contributed by atoms with Crippen LogP contribution in [0.1, 0.15) is 15.9 Å². The van der Waals surface area contributed by atoms with Crippen molar-refractivity contribution in [3.63, 3.8) is 0 Å². The second kappa shape index (κ2) is 6.40. The van der Waals surface area contributed by atoms with Gasteiger partial charge in [-0.05, 0) is 24.3 Å². The fourth-order valence-electron chi connectivity index (χ4n) is 2.53. The van der Waals surface area contributed by atoms with E-state index < -0.39 is 17.6 Å². The van der Waals surface area contributed by atoms with Crippen LogP contribution in [-0.4, -0.2) is 10.9 Å². The van der Waals surface area contributed by atoms with E-state index in [9.17, 15) is 18.0 Å². The Morgan fingerprint density at radius 1 is 1.00 bits per heavy atom. The highest BCUT2D eigenvalue weighted by Crippen LogP contribution is 2.36.